The zero-order valence-electron chi connectivity index (χ0n) is 13.9. The first-order chi connectivity index (χ1) is 11.4. The highest BCUT2D eigenvalue weighted by Gasteiger charge is 2.39. The Bertz CT molecular complexity index is 860. The quantitative estimate of drug-likeness (QED) is 0.603. The van der Waals surface area contributed by atoms with Gasteiger partial charge in [0, 0.05) is 24.4 Å². The largest absolute Gasteiger partial charge is 0.298 e. The van der Waals surface area contributed by atoms with Crippen LogP contribution in [-0.2, 0) is 9.59 Å². The Kier molecular flexibility index (Phi) is 4.37. The van der Waals surface area contributed by atoms with Crippen molar-refractivity contribution in [3.8, 4) is 0 Å². The summed E-state index contributed by atoms with van der Waals surface area (Å²) in [5, 5.41) is 0.469. The minimum atomic E-state index is -0.697. The number of pyridine rings is 1. The summed E-state index contributed by atoms with van der Waals surface area (Å²) in [7, 11) is 0. The molecule has 1 atom stereocenters. The van der Waals surface area contributed by atoms with E-state index in [1.54, 1.807) is 18.3 Å². The maximum Gasteiger partial charge on any atom is 0.174 e. The number of halogens is 1. The predicted molar refractivity (Wildman–Crippen MR) is 95.2 cm³/mol. The van der Waals surface area contributed by atoms with Crippen molar-refractivity contribution >= 4 is 29.2 Å². The van der Waals surface area contributed by atoms with Crippen LogP contribution in [0.15, 0.2) is 36.2 Å². The molecule has 0 amide bonds. The van der Waals surface area contributed by atoms with Crippen molar-refractivity contribution < 1.29 is 9.59 Å². The standard InChI is InChI=1S/C20H18ClNO2/c1-11-6-12(2)18(13(3)7-11)19-17(23)9-15(20(19)24)8-14-4-5-22-10-16(14)21/h4-8,10,19H,9H2,1-3H3/b15-8+. The van der Waals surface area contributed by atoms with Crippen LogP contribution in [0.1, 0.15) is 40.2 Å². The Morgan fingerprint density at radius 3 is 2.46 bits per heavy atom. The number of hydrogen-bond acceptors (Lipinski definition) is 3. The summed E-state index contributed by atoms with van der Waals surface area (Å²) in [6, 6.07) is 5.78. The molecule has 3 rings (SSSR count). The van der Waals surface area contributed by atoms with E-state index in [9.17, 15) is 9.59 Å². The summed E-state index contributed by atoms with van der Waals surface area (Å²) in [6.07, 6.45) is 5.00. The Morgan fingerprint density at radius 1 is 1.17 bits per heavy atom. The number of rotatable bonds is 2. The van der Waals surface area contributed by atoms with Gasteiger partial charge in [0.1, 0.15) is 5.92 Å². The van der Waals surface area contributed by atoms with Crippen molar-refractivity contribution in [3.05, 3.63) is 69.0 Å². The highest BCUT2D eigenvalue weighted by molar-refractivity contribution is 6.32. The lowest BCUT2D eigenvalue weighted by atomic mass is 9.87. The summed E-state index contributed by atoms with van der Waals surface area (Å²) >= 11 is 6.10. The molecule has 0 radical (unpaired) electrons. The second-order valence-electron chi connectivity index (χ2n) is 6.32. The molecule has 4 heteroatoms. The van der Waals surface area contributed by atoms with Gasteiger partial charge < -0.3 is 0 Å². The minimum absolute atomic E-state index is 0.0496. The van der Waals surface area contributed by atoms with Gasteiger partial charge in [0.25, 0.3) is 0 Å². The van der Waals surface area contributed by atoms with E-state index in [0.29, 0.717) is 16.2 Å². The van der Waals surface area contributed by atoms with Crippen molar-refractivity contribution in [1.82, 2.24) is 4.98 Å². The number of Topliss-reactive ketones (excluding diaryl/α,β-unsaturated/α-hetero) is 2. The van der Waals surface area contributed by atoms with Gasteiger partial charge in [0.2, 0.25) is 0 Å². The van der Waals surface area contributed by atoms with Crippen LogP contribution in [0.3, 0.4) is 0 Å². The summed E-state index contributed by atoms with van der Waals surface area (Å²) in [4.78, 5) is 29.4. The molecule has 2 aromatic rings. The lowest BCUT2D eigenvalue weighted by Gasteiger charge is -2.15. The van der Waals surface area contributed by atoms with E-state index in [1.807, 2.05) is 32.9 Å². The summed E-state index contributed by atoms with van der Waals surface area (Å²) in [5.41, 5.74) is 5.17. The molecule has 1 aromatic heterocycles. The molecule has 1 aliphatic carbocycles. The Labute approximate surface area is 146 Å². The molecule has 1 aliphatic rings. The third-order valence-corrected chi connectivity index (χ3v) is 4.74. The number of hydrogen-bond donors (Lipinski definition) is 0. The van der Waals surface area contributed by atoms with Crippen molar-refractivity contribution in [2.45, 2.75) is 33.1 Å². The second kappa shape index (κ2) is 6.33. The third kappa shape index (κ3) is 2.92. The molecule has 1 heterocycles. The molecule has 1 fully saturated rings. The molecule has 1 saturated carbocycles. The fraction of sp³-hybridized carbons (Fsp3) is 0.250. The van der Waals surface area contributed by atoms with E-state index in [1.165, 1.54) is 6.20 Å². The monoisotopic (exact) mass is 339 g/mol. The SMILES string of the molecule is Cc1cc(C)c(C2C(=O)C/C(=C\c3ccncc3Cl)C2=O)c(C)c1. The fourth-order valence-corrected chi connectivity index (χ4v) is 3.63. The molecule has 1 unspecified atom stereocenters. The first-order valence-electron chi connectivity index (χ1n) is 7.83. The number of ketones is 2. The number of allylic oxidation sites excluding steroid dienone is 1. The predicted octanol–water partition coefficient (Wildman–Crippen LogP) is 4.37. The van der Waals surface area contributed by atoms with Crippen LogP contribution in [0.4, 0.5) is 0 Å². The second-order valence-corrected chi connectivity index (χ2v) is 6.73. The van der Waals surface area contributed by atoms with E-state index in [-0.39, 0.29) is 18.0 Å². The number of aryl methyl sites for hydroxylation is 3. The van der Waals surface area contributed by atoms with Crippen LogP contribution in [0, 0.1) is 20.8 Å². The lowest BCUT2D eigenvalue weighted by Crippen LogP contribution is -2.15. The average molecular weight is 340 g/mol. The molecule has 0 saturated heterocycles. The van der Waals surface area contributed by atoms with E-state index < -0.39 is 5.92 Å². The number of nitrogens with zero attached hydrogens (tertiary/aromatic N) is 1. The number of benzene rings is 1. The van der Waals surface area contributed by atoms with E-state index in [4.69, 9.17) is 11.6 Å². The lowest BCUT2D eigenvalue weighted by molar-refractivity contribution is -0.123. The van der Waals surface area contributed by atoms with Crippen molar-refractivity contribution in [2.75, 3.05) is 0 Å². The topological polar surface area (TPSA) is 47.0 Å². The molecule has 24 heavy (non-hydrogen) atoms. The van der Waals surface area contributed by atoms with Gasteiger partial charge in [-0.2, -0.15) is 0 Å². The van der Waals surface area contributed by atoms with Crippen molar-refractivity contribution in [1.29, 1.82) is 0 Å². The van der Waals surface area contributed by atoms with E-state index >= 15 is 0 Å². The van der Waals surface area contributed by atoms with Crippen LogP contribution in [-0.4, -0.2) is 16.6 Å². The number of carbonyl (C=O) groups excluding carboxylic acids is 2. The van der Waals surface area contributed by atoms with Crippen molar-refractivity contribution in [3.63, 3.8) is 0 Å². The van der Waals surface area contributed by atoms with E-state index in [2.05, 4.69) is 4.98 Å². The highest BCUT2D eigenvalue weighted by Crippen LogP contribution is 2.37. The molecule has 0 N–H and O–H groups in total. The number of carbonyl (C=O) groups is 2. The van der Waals surface area contributed by atoms with Gasteiger partial charge >= 0.3 is 0 Å². The van der Waals surface area contributed by atoms with Crippen molar-refractivity contribution in [2.24, 2.45) is 0 Å². The summed E-state index contributed by atoms with van der Waals surface area (Å²) in [6.45, 7) is 5.92. The van der Waals surface area contributed by atoms with E-state index in [0.717, 1.165) is 22.3 Å². The Balaban J connectivity index is 2.04. The van der Waals surface area contributed by atoms with Gasteiger partial charge in [-0.1, -0.05) is 29.3 Å². The van der Waals surface area contributed by atoms with Gasteiger partial charge in [-0.25, -0.2) is 0 Å². The summed E-state index contributed by atoms with van der Waals surface area (Å²) in [5.74, 6) is -0.869. The molecule has 0 bridgehead atoms. The number of aromatic nitrogens is 1. The first kappa shape index (κ1) is 16.6. The van der Waals surface area contributed by atoms with Gasteiger partial charge in [-0.05, 0) is 55.2 Å². The molecule has 122 valence electrons. The molecule has 0 aliphatic heterocycles. The third-order valence-electron chi connectivity index (χ3n) is 4.43. The minimum Gasteiger partial charge on any atom is -0.298 e. The fourth-order valence-electron chi connectivity index (χ4n) is 3.46. The van der Waals surface area contributed by atoms with Crippen LogP contribution < -0.4 is 0 Å². The molecule has 3 nitrogen and oxygen atoms in total. The van der Waals surface area contributed by atoms with Gasteiger partial charge in [-0.15, -0.1) is 0 Å². The van der Waals surface area contributed by atoms with Crippen LogP contribution >= 0.6 is 11.6 Å². The normalized spacial score (nSPS) is 19.3. The highest BCUT2D eigenvalue weighted by atomic mass is 35.5. The smallest absolute Gasteiger partial charge is 0.174 e. The molecular formula is C20H18ClNO2. The molecule has 0 spiro atoms. The van der Waals surface area contributed by atoms with Crippen LogP contribution in [0.25, 0.3) is 6.08 Å². The first-order valence-corrected chi connectivity index (χ1v) is 8.21. The zero-order chi connectivity index (χ0) is 17.4. The maximum absolute atomic E-state index is 12.9. The molecular weight excluding hydrogens is 322 g/mol. The van der Waals surface area contributed by atoms with Gasteiger partial charge in [-0.3, -0.25) is 14.6 Å². The van der Waals surface area contributed by atoms with Crippen LogP contribution in [0.2, 0.25) is 5.02 Å². The Hall–Kier alpha value is -2.26. The zero-order valence-corrected chi connectivity index (χ0v) is 14.6. The van der Waals surface area contributed by atoms with Gasteiger partial charge in [0.15, 0.2) is 11.6 Å². The van der Waals surface area contributed by atoms with Gasteiger partial charge in [0.05, 0.1) is 5.02 Å². The Morgan fingerprint density at radius 2 is 1.83 bits per heavy atom. The summed E-state index contributed by atoms with van der Waals surface area (Å²) < 4.78 is 0. The van der Waals surface area contributed by atoms with Crippen LogP contribution in [0.5, 0.6) is 0 Å². The average Bonchev–Trinajstić information content (AvgIpc) is 2.76. The maximum atomic E-state index is 12.9. The molecule has 1 aromatic carbocycles.